The van der Waals surface area contributed by atoms with Crippen LogP contribution in [0.2, 0.25) is 5.28 Å². The summed E-state index contributed by atoms with van der Waals surface area (Å²) < 4.78 is 132. The fraction of sp³-hybridized carbons (Fsp3) is 0.0952. The molecule has 0 aliphatic heterocycles. The predicted octanol–water partition coefficient (Wildman–Crippen LogP) is 2.58. The highest BCUT2D eigenvalue weighted by atomic mass is 35.5. The Kier molecular flexibility index (Phi) is 9.49. The molecule has 0 saturated carbocycles. The Bertz CT molecular complexity index is 2360. The van der Waals surface area contributed by atoms with Crippen molar-refractivity contribution >= 4 is 91.8 Å². The van der Waals surface area contributed by atoms with E-state index in [1.807, 2.05) is 0 Å². The second kappa shape index (κ2) is 12.6. The summed E-state index contributed by atoms with van der Waals surface area (Å²) in [6, 6.07) is 6.65. The van der Waals surface area contributed by atoms with Gasteiger partial charge in [-0.05, 0) is 47.3 Å². The molecule has 4 aromatic rings. The number of halogens is 1. The molecule has 0 radical (unpaired) electrons. The van der Waals surface area contributed by atoms with Gasteiger partial charge in [0.25, 0.3) is 40.5 Å². The number of nitrogens with zero attached hydrogens (tertiary/aromatic N) is 5. The van der Waals surface area contributed by atoms with Gasteiger partial charge in [-0.25, -0.2) is 0 Å². The Hall–Kier alpha value is -4.14. The maximum absolute atomic E-state index is 12.3. The van der Waals surface area contributed by atoms with Crippen molar-refractivity contribution in [2.24, 2.45) is 10.2 Å². The Labute approximate surface area is 264 Å². The summed E-state index contributed by atoms with van der Waals surface area (Å²) in [6.07, 6.45) is 0. The van der Waals surface area contributed by atoms with Crippen molar-refractivity contribution in [3.05, 3.63) is 47.7 Å². The molecular weight excluding hydrogens is 722 g/mol. The number of fused-ring (bicyclic) bond motifs is 1. The molecule has 0 aliphatic carbocycles. The fourth-order valence-electron chi connectivity index (χ4n) is 3.76. The largest absolute Gasteiger partial charge is 0.505 e. The molecule has 0 unspecified atom stereocenters. The van der Waals surface area contributed by atoms with Gasteiger partial charge in [0.2, 0.25) is 17.2 Å². The van der Waals surface area contributed by atoms with Crippen LogP contribution in [0.15, 0.2) is 67.4 Å². The van der Waals surface area contributed by atoms with Crippen LogP contribution in [-0.4, -0.2) is 84.2 Å². The number of rotatable bonds is 11. The van der Waals surface area contributed by atoms with E-state index >= 15 is 0 Å². The minimum atomic E-state index is -5.27. The highest BCUT2D eigenvalue weighted by Crippen LogP contribution is 2.46. The Morgan fingerprint density at radius 3 is 2.00 bits per heavy atom. The molecule has 46 heavy (non-hydrogen) atoms. The van der Waals surface area contributed by atoms with Crippen molar-refractivity contribution in [2.45, 2.75) is 14.7 Å². The summed E-state index contributed by atoms with van der Waals surface area (Å²) in [5.41, 5.74) is -1.95. The van der Waals surface area contributed by atoms with Crippen LogP contribution in [0.1, 0.15) is 0 Å². The van der Waals surface area contributed by atoms with Crippen LogP contribution >= 0.6 is 11.6 Å². The number of nitrogens with one attached hydrogen (secondary N) is 2. The Morgan fingerprint density at radius 1 is 0.761 bits per heavy atom. The summed E-state index contributed by atoms with van der Waals surface area (Å²) in [4.78, 5) is 8.65. The number of anilines is 3. The number of benzene rings is 3. The van der Waals surface area contributed by atoms with Gasteiger partial charge in [-0.2, -0.15) is 48.6 Å². The molecule has 0 atom stereocenters. The third kappa shape index (κ3) is 8.36. The lowest BCUT2D eigenvalue weighted by Gasteiger charge is -2.15. The number of hydrogen-bond acceptors (Lipinski definition) is 16. The van der Waals surface area contributed by atoms with Crippen molar-refractivity contribution in [1.29, 1.82) is 0 Å². The highest BCUT2D eigenvalue weighted by Gasteiger charge is 2.26. The van der Waals surface area contributed by atoms with E-state index in [-0.39, 0.29) is 5.95 Å². The van der Waals surface area contributed by atoms with E-state index in [0.717, 1.165) is 24.3 Å². The van der Waals surface area contributed by atoms with Crippen LogP contribution in [0.4, 0.5) is 29.0 Å². The van der Waals surface area contributed by atoms with Gasteiger partial charge in [-0.1, -0.05) is 12.1 Å². The van der Waals surface area contributed by atoms with E-state index in [2.05, 4.69) is 35.8 Å². The molecule has 0 aliphatic rings. The molecule has 246 valence electrons. The maximum atomic E-state index is 12.3. The van der Waals surface area contributed by atoms with Gasteiger partial charge in [0, 0.05) is 11.9 Å². The third-order valence-electron chi connectivity index (χ3n) is 5.60. The summed E-state index contributed by atoms with van der Waals surface area (Å²) in [5.74, 6) is -2.66. The topological polar surface area (TPSA) is 325 Å². The number of phenolic OH excluding ortho intramolecular Hbond substituents is 1. The van der Waals surface area contributed by atoms with Crippen molar-refractivity contribution < 1.29 is 57.0 Å². The first-order valence-electron chi connectivity index (χ1n) is 11.8. The molecule has 3 aromatic carbocycles. The van der Waals surface area contributed by atoms with Crippen molar-refractivity contribution in [3.63, 3.8) is 0 Å². The van der Waals surface area contributed by atoms with E-state index in [1.165, 1.54) is 12.1 Å². The fourth-order valence-corrected chi connectivity index (χ4v) is 6.10. The SMILES string of the molecule is O=S(=O)(O)CCNc1nc(Cl)nc(Nc2cc(S(=O)(=O)O)cc3cc(S(=O)(=O)O)c(N=Nc4ccccc4S(=O)(=O)O)c(O)c23)n1. The van der Waals surface area contributed by atoms with Crippen LogP contribution < -0.4 is 10.6 Å². The van der Waals surface area contributed by atoms with Gasteiger partial charge < -0.3 is 15.7 Å². The van der Waals surface area contributed by atoms with E-state index in [0.29, 0.717) is 6.07 Å². The second-order valence-corrected chi connectivity index (χ2v) is 14.9. The van der Waals surface area contributed by atoms with Gasteiger partial charge in [-0.15, -0.1) is 10.2 Å². The molecule has 0 spiro atoms. The average molecular weight is 740 g/mol. The number of phenols is 1. The Balaban J connectivity index is 1.96. The molecule has 0 bridgehead atoms. The van der Waals surface area contributed by atoms with Crippen LogP contribution in [-0.2, 0) is 40.5 Å². The number of hydrogen-bond donors (Lipinski definition) is 7. The van der Waals surface area contributed by atoms with Gasteiger partial charge in [0.05, 0.1) is 16.3 Å². The molecule has 0 fully saturated rings. The van der Waals surface area contributed by atoms with Gasteiger partial charge in [-0.3, -0.25) is 18.2 Å². The van der Waals surface area contributed by atoms with Crippen LogP contribution in [0.25, 0.3) is 10.8 Å². The number of aromatic hydroxyl groups is 1. The quantitative estimate of drug-likeness (QED) is 0.0858. The van der Waals surface area contributed by atoms with Crippen molar-refractivity contribution in [2.75, 3.05) is 22.9 Å². The molecule has 0 saturated heterocycles. The van der Waals surface area contributed by atoms with Gasteiger partial charge >= 0.3 is 0 Å². The zero-order chi connectivity index (χ0) is 34.2. The molecule has 0 amide bonds. The third-order valence-corrected chi connectivity index (χ3v) is 9.09. The van der Waals surface area contributed by atoms with E-state index in [4.69, 9.17) is 16.2 Å². The minimum Gasteiger partial charge on any atom is -0.505 e. The monoisotopic (exact) mass is 739 g/mol. The summed E-state index contributed by atoms with van der Waals surface area (Å²) in [6.45, 7) is -0.395. The molecule has 1 aromatic heterocycles. The van der Waals surface area contributed by atoms with E-state index in [9.17, 15) is 52.4 Å². The normalized spacial score (nSPS) is 12.9. The lowest BCUT2D eigenvalue weighted by atomic mass is 10.1. The smallest absolute Gasteiger partial charge is 0.296 e. The number of aromatic nitrogens is 3. The van der Waals surface area contributed by atoms with Gasteiger partial charge in [0.15, 0.2) is 5.75 Å². The zero-order valence-electron chi connectivity index (χ0n) is 22.2. The first-order chi connectivity index (χ1) is 21.1. The summed E-state index contributed by atoms with van der Waals surface area (Å²) >= 11 is 5.90. The highest BCUT2D eigenvalue weighted by molar-refractivity contribution is 7.86. The molecule has 20 nitrogen and oxygen atoms in total. The molecule has 7 N–H and O–H groups in total. The van der Waals surface area contributed by atoms with Crippen LogP contribution in [0.5, 0.6) is 5.75 Å². The van der Waals surface area contributed by atoms with Crippen LogP contribution in [0.3, 0.4) is 0 Å². The minimum absolute atomic E-state index is 0.341. The lowest BCUT2D eigenvalue weighted by Crippen LogP contribution is -2.16. The average Bonchev–Trinajstić information content (AvgIpc) is 2.89. The van der Waals surface area contributed by atoms with E-state index in [1.54, 1.807) is 0 Å². The zero-order valence-corrected chi connectivity index (χ0v) is 26.2. The predicted molar refractivity (Wildman–Crippen MR) is 159 cm³/mol. The molecular formula is C21H18ClN7O13S4. The van der Waals surface area contributed by atoms with Crippen LogP contribution in [0, 0.1) is 0 Å². The second-order valence-electron chi connectivity index (χ2n) is 8.82. The first kappa shape index (κ1) is 34.7. The molecule has 4 rings (SSSR count). The van der Waals surface area contributed by atoms with E-state index < -0.39 is 112 Å². The van der Waals surface area contributed by atoms with Crippen molar-refractivity contribution in [1.82, 2.24) is 15.0 Å². The molecule has 25 heteroatoms. The molecule has 1 heterocycles. The maximum Gasteiger partial charge on any atom is 0.296 e. The van der Waals surface area contributed by atoms with Gasteiger partial charge in [0.1, 0.15) is 21.2 Å². The Morgan fingerprint density at radius 2 is 1.39 bits per heavy atom. The van der Waals surface area contributed by atoms with Crippen molar-refractivity contribution in [3.8, 4) is 5.75 Å². The standard InChI is InChI=1S/C21H18ClN7O13S4/c22-19-25-20(23-5-6-43(31,32)33)27-21(26-19)24-13-9-11(44(34,35)36)7-10-8-15(46(40,41)42)17(18(30)16(10)13)29-28-12-3-1-2-4-14(12)45(37,38)39/h1-4,7-9,30H,5-6H2,(H,31,32,33)(H,34,35,36)(H,37,38,39)(H,40,41,42)(H2,23,24,25,26,27). The summed E-state index contributed by atoms with van der Waals surface area (Å²) in [7, 11) is -19.5. The summed E-state index contributed by atoms with van der Waals surface area (Å²) in [5, 5.41) is 22.0. The number of azo groups is 1. The lowest BCUT2D eigenvalue weighted by molar-refractivity contribution is 0.472. The first-order valence-corrected chi connectivity index (χ1v) is 18.1.